The SMILES string of the molecule is CC(C)NC(=O)CN(C)C(=O)N[C@H](C(=O)O)[C@@H](C)O. The molecule has 0 rings (SSSR count). The molecule has 0 aromatic rings. The second-order valence-corrected chi connectivity index (χ2v) is 4.58. The Bertz CT molecular complexity index is 343. The van der Waals surface area contributed by atoms with E-state index in [1.807, 2.05) is 0 Å². The molecule has 0 spiro atoms. The molecule has 8 nitrogen and oxygen atoms in total. The summed E-state index contributed by atoms with van der Waals surface area (Å²) in [6.45, 7) is 4.62. The lowest BCUT2D eigenvalue weighted by atomic mass is 10.2. The Morgan fingerprint density at radius 3 is 2.05 bits per heavy atom. The molecule has 0 aliphatic rings. The Hall–Kier alpha value is -1.83. The third kappa shape index (κ3) is 6.61. The fourth-order valence-electron chi connectivity index (χ4n) is 1.29. The number of urea groups is 1. The molecule has 0 aromatic heterocycles. The first kappa shape index (κ1) is 17.2. The van der Waals surface area contributed by atoms with Crippen molar-refractivity contribution in [2.75, 3.05) is 13.6 Å². The van der Waals surface area contributed by atoms with Crippen LogP contribution in [0.15, 0.2) is 0 Å². The minimum Gasteiger partial charge on any atom is -0.480 e. The number of nitrogens with zero attached hydrogens (tertiary/aromatic N) is 1. The summed E-state index contributed by atoms with van der Waals surface area (Å²) in [5, 5.41) is 22.8. The van der Waals surface area contributed by atoms with E-state index in [4.69, 9.17) is 5.11 Å². The van der Waals surface area contributed by atoms with Gasteiger partial charge in [-0.3, -0.25) is 4.79 Å². The summed E-state index contributed by atoms with van der Waals surface area (Å²) in [7, 11) is 1.36. The molecule has 0 heterocycles. The van der Waals surface area contributed by atoms with E-state index in [9.17, 15) is 19.5 Å². The molecule has 19 heavy (non-hydrogen) atoms. The van der Waals surface area contributed by atoms with Gasteiger partial charge in [0.2, 0.25) is 5.91 Å². The van der Waals surface area contributed by atoms with E-state index in [0.29, 0.717) is 0 Å². The van der Waals surface area contributed by atoms with Crippen molar-refractivity contribution >= 4 is 17.9 Å². The van der Waals surface area contributed by atoms with Gasteiger partial charge in [0.1, 0.15) is 6.54 Å². The Labute approximate surface area is 111 Å². The zero-order chi connectivity index (χ0) is 15.2. The van der Waals surface area contributed by atoms with Crippen LogP contribution in [0, 0.1) is 0 Å². The quantitative estimate of drug-likeness (QED) is 0.495. The van der Waals surface area contributed by atoms with E-state index in [0.717, 1.165) is 4.90 Å². The maximum Gasteiger partial charge on any atom is 0.328 e. The van der Waals surface area contributed by atoms with Crippen molar-refractivity contribution in [1.82, 2.24) is 15.5 Å². The summed E-state index contributed by atoms with van der Waals surface area (Å²) in [6.07, 6.45) is -1.24. The number of aliphatic hydroxyl groups excluding tert-OH is 1. The number of hydrogen-bond donors (Lipinski definition) is 4. The molecule has 0 bridgehead atoms. The Balaban J connectivity index is 4.41. The first-order valence-corrected chi connectivity index (χ1v) is 5.87. The lowest BCUT2D eigenvalue weighted by molar-refractivity contribution is -0.141. The highest BCUT2D eigenvalue weighted by atomic mass is 16.4. The Morgan fingerprint density at radius 2 is 1.68 bits per heavy atom. The number of amides is 3. The second kappa shape index (κ2) is 7.57. The van der Waals surface area contributed by atoms with Gasteiger partial charge in [0.25, 0.3) is 0 Å². The number of nitrogens with one attached hydrogen (secondary N) is 2. The molecule has 0 aliphatic heterocycles. The molecule has 0 radical (unpaired) electrons. The molecule has 3 amide bonds. The van der Waals surface area contributed by atoms with Gasteiger partial charge in [-0.25, -0.2) is 9.59 Å². The zero-order valence-electron chi connectivity index (χ0n) is 11.5. The van der Waals surface area contributed by atoms with Gasteiger partial charge in [-0.2, -0.15) is 0 Å². The monoisotopic (exact) mass is 275 g/mol. The fourth-order valence-corrected chi connectivity index (χ4v) is 1.29. The minimum atomic E-state index is -1.41. The van der Waals surface area contributed by atoms with Gasteiger partial charge in [0, 0.05) is 13.1 Å². The summed E-state index contributed by atoms with van der Waals surface area (Å²) < 4.78 is 0. The van der Waals surface area contributed by atoms with Crippen molar-refractivity contribution in [3.8, 4) is 0 Å². The van der Waals surface area contributed by atoms with Gasteiger partial charge in [-0.15, -0.1) is 0 Å². The highest BCUT2D eigenvalue weighted by molar-refractivity contribution is 5.86. The number of carbonyl (C=O) groups excluding carboxylic acids is 2. The van der Waals surface area contributed by atoms with Crippen LogP contribution in [-0.4, -0.2) is 64.8 Å². The number of carboxylic acids is 1. The summed E-state index contributed by atoms with van der Waals surface area (Å²) in [6, 6.07) is -2.21. The molecule has 0 unspecified atom stereocenters. The van der Waals surface area contributed by atoms with E-state index in [1.54, 1.807) is 13.8 Å². The van der Waals surface area contributed by atoms with E-state index in [-0.39, 0.29) is 18.5 Å². The number of carboxylic acid groups (broad SMARTS) is 1. The molecule has 2 atom stereocenters. The van der Waals surface area contributed by atoms with Crippen LogP contribution in [0.3, 0.4) is 0 Å². The molecule has 0 aliphatic carbocycles. The third-order valence-electron chi connectivity index (χ3n) is 2.20. The predicted octanol–water partition coefficient (Wildman–Crippen LogP) is -1.01. The van der Waals surface area contributed by atoms with Gasteiger partial charge in [-0.1, -0.05) is 0 Å². The molecule has 8 heteroatoms. The lowest BCUT2D eigenvalue weighted by Crippen LogP contribution is -2.53. The molecule has 0 fully saturated rings. The van der Waals surface area contributed by atoms with Crippen molar-refractivity contribution in [1.29, 1.82) is 0 Å². The van der Waals surface area contributed by atoms with Gasteiger partial charge in [0.15, 0.2) is 6.04 Å². The molecule has 0 aromatic carbocycles. The fraction of sp³-hybridized carbons (Fsp3) is 0.727. The second-order valence-electron chi connectivity index (χ2n) is 4.58. The van der Waals surface area contributed by atoms with Crippen LogP contribution in [0.1, 0.15) is 20.8 Å². The minimum absolute atomic E-state index is 0.0480. The van der Waals surface area contributed by atoms with E-state index >= 15 is 0 Å². The van der Waals surface area contributed by atoms with Crippen LogP contribution in [-0.2, 0) is 9.59 Å². The largest absolute Gasteiger partial charge is 0.480 e. The van der Waals surface area contributed by atoms with E-state index < -0.39 is 24.1 Å². The Morgan fingerprint density at radius 1 is 1.16 bits per heavy atom. The standard InChI is InChI=1S/C11H21N3O5/c1-6(2)12-8(16)5-14(4)11(19)13-9(7(3)15)10(17)18/h6-7,9,15H,5H2,1-4H3,(H,12,16)(H,13,19)(H,17,18)/t7-,9+/m1/s1. The van der Waals surface area contributed by atoms with Crippen molar-refractivity contribution in [3.63, 3.8) is 0 Å². The number of carbonyl (C=O) groups is 3. The van der Waals surface area contributed by atoms with Crippen LogP contribution >= 0.6 is 0 Å². The summed E-state index contributed by atoms with van der Waals surface area (Å²) in [5.74, 6) is -1.69. The summed E-state index contributed by atoms with van der Waals surface area (Å²) >= 11 is 0. The van der Waals surface area contributed by atoms with Gasteiger partial charge in [-0.05, 0) is 20.8 Å². The third-order valence-corrected chi connectivity index (χ3v) is 2.20. The van der Waals surface area contributed by atoms with Crippen LogP contribution in [0.25, 0.3) is 0 Å². The lowest BCUT2D eigenvalue weighted by Gasteiger charge is -2.22. The van der Waals surface area contributed by atoms with Gasteiger partial charge in [0.05, 0.1) is 6.10 Å². The van der Waals surface area contributed by atoms with Crippen molar-refractivity contribution in [3.05, 3.63) is 0 Å². The molecular weight excluding hydrogens is 254 g/mol. The smallest absolute Gasteiger partial charge is 0.328 e. The number of aliphatic carboxylic acids is 1. The van der Waals surface area contributed by atoms with E-state index in [2.05, 4.69) is 10.6 Å². The maximum absolute atomic E-state index is 11.6. The molecular formula is C11H21N3O5. The van der Waals surface area contributed by atoms with Gasteiger partial charge >= 0.3 is 12.0 Å². The zero-order valence-corrected chi connectivity index (χ0v) is 11.5. The van der Waals surface area contributed by atoms with Crippen molar-refractivity contribution < 1.29 is 24.6 Å². The molecule has 4 N–H and O–H groups in total. The molecule has 0 saturated carbocycles. The molecule has 110 valence electrons. The van der Waals surface area contributed by atoms with Crippen molar-refractivity contribution in [2.45, 2.75) is 39.0 Å². The first-order chi connectivity index (χ1) is 8.65. The summed E-state index contributed by atoms with van der Waals surface area (Å²) in [5.41, 5.74) is 0. The van der Waals surface area contributed by atoms with Crippen LogP contribution < -0.4 is 10.6 Å². The van der Waals surface area contributed by atoms with Crippen molar-refractivity contribution in [2.24, 2.45) is 0 Å². The first-order valence-electron chi connectivity index (χ1n) is 5.87. The van der Waals surface area contributed by atoms with E-state index in [1.165, 1.54) is 14.0 Å². The number of rotatable bonds is 6. The highest BCUT2D eigenvalue weighted by Gasteiger charge is 2.26. The Kier molecular flexibility index (Phi) is 6.84. The average Bonchev–Trinajstić information content (AvgIpc) is 2.22. The van der Waals surface area contributed by atoms with Gasteiger partial charge < -0.3 is 25.7 Å². The topological polar surface area (TPSA) is 119 Å². The maximum atomic E-state index is 11.6. The van der Waals surface area contributed by atoms with Crippen LogP contribution in [0.5, 0.6) is 0 Å². The molecule has 0 saturated heterocycles. The summed E-state index contributed by atoms with van der Waals surface area (Å²) in [4.78, 5) is 34.9. The highest BCUT2D eigenvalue weighted by Crippen LogP contribution is 1.95. The van der Waals surface area contributed by atoms with Crippen LogP contribution in [0.2, 0.25) is 0 Å². The van der Waals surface area contributed by atoms with Crippen LogP contribution in [0.4, 0.5) is 4.79 Å². The predicted molar refractivity (Wildman–Crippen MR) is 67.5 cm³/mol. The average molecular weight is 275 g/mol. The number of likely N-dealkylation sites (N-methyl/N-ethyl adjacent to an activating group) is 1. The number of hydrogen-bond acceptors (Lipinski definition) is 4. The number of aliphatic hydroxyl groups is 1. The normalized spacial score (nSPS) is 13.6.